The Bertz CT molecular complexity index is 1210. The summed E-state index contributed by atoms with van der Waals surface area (Å²) in [5.74, 6) is -1.07. The van der Waals surface area contributed by atoms with Gasteiger partial charge in [-0.05, 0) is 56.3 Å². The van der Waals surface area contributed by atoms with E-state index in [2.05, 4.69) is 31.8 Å². The topological polar surface area (TPSA) is 96.9 Å². The molecule has 3 aromatic rings. The number of amides is 2. The summed E-state index contributed by atoms with van der Waals surface area (Å²) in [5, 5.41) is 6.45. The molecule has 2 N–H and O–H groups in total. The van der Waals surface area contributed by atoms with Crippen molar-refractivity contribution in [2.24, 2.45) is 5.10 Å². The van der Waals surface area contributed by atoms with Crippen LogP contribution in [0.15, 0.2) is 76.3 Å². The van der Waals surface area contributed by atoms with Crippen LogP contribution in [0.3, 0.4) is 0 Å². The van der Waals surface area contributed by atoms with Crippen LogP contribution in [0.2, 0.25) is 0 Å². The first kappa shape index (κ1) is 23.9. The Hall–Kier alpha value is -3.78. The minimum Gasteiger partial charge on any atom is -0.422 e. The van der Waals surface area contributed by atoms with Crippen LogP contribution < -0.4 is 15.5 Å². The molecule has 0 atom stereocenters. The monoisotopic (exact) mass is 507 g/mol. The summed E-state index contributed by atoms with van der Waals surface area (Å²) in [6, 6.07) is 19.2. The Morgan fingerprint density at radius 2 is 1.70 bits per heavy atom. The first-order valence-electron chi connectivity index (χ1n) is 10.1. The lowest BCUT2D eigenvalue weighted by molar-refractivity contribution is -0.120. The van der Waals surface area contributed by atoms with Crippen molar-refractivity contribution in [1.82, 2.24) is 10.7 Å². The molecule has 0 unspecified atom stereocenters. The van der Waals surface area contributed by atoms with Crippen molar-refractivity contribution in [2.45, 2.75) is 13.8 Å². The van der Waals surface area contributed by atoms with Crippen LogP contribution in [0.1, 0.15) is 37.4 Å². The van der Waals surface area contributed by atoms with Crippen LogP contribution in [-0.2, 0) is 4.79 Å². The molecule has 0 aliphatic heterocycles. The summed E-state index contributed by atoms with van der Waals surface area (Å²) in [4.78, 5) is 36.6. The van der Waals surface area contributed by atoms with E-state index in [1.54, 1.807) is 48.5 Å². The second-order valence-electron chi connectivity index (χ2n) is 7.28. The molecule has 8 heteroatoms. The second-order valence-corrected chi connectivity index (χ2v) is 8.20. The summed E-state index contributed by atoms with van der Waals surface area (Å²) in [5.41, 5.74) is 5.71. The fourth-order valence-electron chi connectivity index (χ4n) is 2.82. The number of hydrogen-bond acceptors (Lipinski definition) is 5. The highest BCUT2D eigenvalue weighted by molar-refractivity contribution is 9.10. The third-order valence-electron chi connectivity index (χ3n) is 4.54. The molecule has 7 nitrogen and oxygen atoms in total. The lowest BCUT2D eigenvalue weighted by Gasteiger charge is -2.08. The molecule has 0 bridgehead atoms. The lowest BCUT2D eigenvalue weighted by Crippen LogP contribution is -2.34. The molecule has 2 amide bonds. The second kappa shape index (κ2) is 11.2. The molecule has 0 aliphatic carbocycles. The minimum atomic E-state index is -0.505. The van der Waals surface area contributed by atoms with Gasteiger partial charge in [0.25, 0.3) is 11.8 Å². The number of hydrogen-bond donors (Lipinski definition) is 2. The average molecular weight is 508 g/mol. The first-order chi connectivity index (χ1) is 15.8. The number of hydrazone groups is 1. The summed E-state index contributed by atoms with van der Waals surface area (Å²) in [6.45, 7) is 3.57. The van der Waals surface area contributed by atoms with Gasteiger partial charge < -0.3 is 10.1 Å². The third kappa shape index (κ3) is 7.11. The van der Waals surface area contributed by atoms with Gasteiger partial charge in [-0.15, -0.1) is 0 Å². The molecule has 0 aromatic heterocycles. The van der Waals surface area contributed by atoms with E-state index in [1.165, 1.54) is 6.21 Å². The molecule has 0 aliphatic rings. The third-order valence-corrected chi connectivity index (χ3v) is 5.04. The Kier molecular flexibility index (Phi) is 8.10. The van der Waals surface area contributed by atoms with Gasteiger partial charge in [0.05, 0.1) is 18.3 Å². The van der Waals surface area contributed by atoms with Crippen LogP contribution in [0.4, 0.5) is 0 Å². The van der Waals surface area contributed by atoms with Crippen molar-refractivity contribution in [2.75, 3.05) is 6.54 Å². The number of halogens is 1. The molecule has 3 rings (SSSR count). The van der Waals surface area contributed by atoms with Crippen LogP contribution in [-0.4, -0.2) is 30.5 Å². The zero-order chi connectivity index (χ0) is 23.8. The van der Waals surface area contributed by atoms with Gasteiger partial charge in [-0.25, -0.2) is 10.2 Å². The highest BCUT2D eigenvalue weighted by Crippen LogP contribution is 2.23. The zero-order valence-electron chi connectivity index (χ0n) is 18.1. The highest BCUT2D eigenvalue weighted by atomic mass is 79.9. The summed E-state index contributed by atoms with van der Waals surface area (Å²) in [6.07, 6.45) is 1.36. The molecule has 3 aromatic carbocycles. The minimum absolute atomic E-state index is 0.238. The number of esters is 1. The molecule has 0 heterocycles. The van der Waals surface area contributed by atoms with E-state index < -0.39 is 11.9 Å². The van der Waals surface area contributed by atoms with Gasteiger partial charge in [-0.1, -0.05) is 51.3 Å². The van der Waals surface area contributed by atoms with Crippen molar-refractivity contribution in [3.63, 3.8) is 0 Å². The Morgan fingerprint density at radius 1 is 0.939 bits per heavy atom. The van der Waals surface area contributed by atoms with Crippen molar-refractivity contribution >= 4 is 39.9 Å². The average Bonchev–Trinajstić information content (AvgIpc) is 2.79. The van der Waals surface area contributed by atoms with Gasteiger partial charge in [0.15, 0.2) is 0 Å². The molecular weight excluding hydrogens is 486 g/mol. The standard InChI is InChI=1S/C25H22BrN3O4/c1-16-6-8-18(9-7-16)25(32)33-22-11-10-21(26)13-20(22)14-28-29-23(30)15-27-24(31)19-5-3-4-17(2)12-19/h3-14H,15H2,1-2H3,(H,27,31)(H,29,30)/b28-14-. The number of rotatable bonds is 7. The zero-order valence-corrected chi connectivity index (χ0v) is 19.7. The fraction of sp³-hybridized carbons (Fsp3) is 0.120. The van der Waals surface area contributed by atoms with Gasteiger partial charge in [0.2, 0.25) is 0 Å². The van der Waals surface area contributed by atoms with Crippen LogP contribution in [0.5, 0.6) is 5.75 Å². The smallest absolute Gasteiger partial charge is 0.343 e. The number of aryl methyl sites for hydroxylation is 2. The lowest BCUT2D eigenvalue weighted by atomic mass is 10.1. The maximum atomic E-state index is 12.4. The van der Waals surface area contributed by atoms with E-state index in [4.69, 9.17) is 4.74 Å². The van der Waals surface area contributed by atoms with Gasteiger partial charge in [0.1, 0.15) is 5.75 Å². The molecule has 33 heavy (non-hydrogen) atoms. The van der Waals surface area contributed by atoms with Gasteiger partial charge in [-0.2, -0.15) is 5.10 Å². The predicted octanol–water partition coefficient (Wildman–Crippen LogP) is 4.17. The van der Waals surface area contributed by atoms with Crippen LogP contribution >= 0.6 is 15.9 Å². The van der Waals surface area contributed by atoms with Gasteiger partial charge >= 0.3 is 5.97 Å². The van der Waals surface area contributed by atoms with E-state index in [9.17, 15) is 14.4 Å². The number of carbonyl (C=O) groups is 3. The quantitative estimate of drug-likeness (QED) is 0.217. The molecule has 0 saturated carbocycles. The largest absolute Gasteiger partial charge is 0.422 e. The normalized spacial score (nSPS) is 10.6. The molecule has 168 valence electrons. The Morgan fingerprint density at radius 3 is 2.42 bits per heavy atom. The molecule has 0 saturated heterocycles. The van der Waals surface area contributed by atoms with Crippen molar-refractivity contribution in [1.29, 1.82) is 0 Å². The van der Waals surface area contributed by atoms with E-state index in [1.807, 2.05) is 32.0 Å². The molecular formula is C25H22BrN3O4. The highest BCUT2D eigenvalue weighted by Gasteiger charge is 2.12. The SMILES string of the molecule is Cc1ccc(C(=O)Oc2ccc(Br)cc2/C=N\NC(=O)CNC(=O)c2cccc(C)c2)cc1. The van der Waals surface area contributed by atoms with E-state index in [0.29, 0.717) is 16.7 Å². The molecule has 0 radical (unpaired) electrons. The Labute approximate surface area is 200 Å². The Balaban J connectivity index is 1.59. The van der Waals surface area contributed by atoms with Crippen molar-refractivity contribution < 1.29 is 19.1 Å². The molecule has 0 fully saturated rings. The number of ether oxygens (including phenoxy) is 1. The first-order valence-corrected chi connectivity index (χ1v) is 10.9. The number of benzene rings is 3. The van der Waals surface area contributed by atoms with Crippen molar-refractivity contribution in [3.8, 4) is 5.75 Å². The number of carbonyl (C=O) groups excluding carboxylic acids is 3. The van der Waals surface area contributed by atoms with E-state index in [0.717, 1.165) is 15.6 Å². The summed E-state index contributed by atoms with van der Waals surface area (Å²) < 4.78 is 6.25. The maximum absolute atomic E-state index is 12.4. The summed E-state index contributed by atoms with van der Waals surface area (Å²) in [7, 11) is 0. The number of nitrogens with one attached hydrogen (secondary N) is 2. The van der Waals surface area contributed by atoms with E-state index >= 15 is 0 Å². The number of nitrogens with zero attached hydrogens (tertiary/aromatic N) is 1. The van der Waals surface area contributed by atoms with Crippen LogP contribution in [0, 0.1) is 13.8 Å². The molecule has 0 spiro atoms. The van der Waals surface area contributed by atoms with Gasteiger partial charge in [-0.3, -0.25) is 9.59 Å². The maximum Gasteiger partial charge on any atom is 0.343 e. The predicted molar refractivity (Wildman–Crippen MR) is 130 cm³/mol. The summed E-state index contributed by atoms with van der Waals surface area (Å²) >= 11 is 3.37. The van der Waals surface area contributed by atoms with Gasteiger partial charge in [0, 0.05) is 15.6 Å². The van der Waals surface area contributed by atoms with E-state index in [-0.39, 0.29) is 18.2 Å². The van der Waals surface area contributed by atoms with Crippen LogP contribution in [0.25, 0.3) is 0 Å². The fourth-order valence-corrected chi connectivity index (χ4v) is 3.20. The van der Waals surface area contributed by atoms with Crippen molar-refractivity contribution in [3.05, 3.63) is 99.0 Å².